The predicted octanol–water partition coefficient (Wildman–Crippen LogP) is 4.48. The van der Waals surface area contributed by atoms with Crippen LogP contribution < -0.4 is 14.9 Å². The van der Waals surface area contributed by atoms with Gasteiger partial charge < -0.3 is 9.84 Å². The third kappa shape index (κ3) is 4.71. The Balaban J connectivity index is 1.97. The normalized spacial score (nSPS) is 15.8. The summed E-state index contributed by atoms with van der Waals surface area (Å²) < 4.78 is 7.79. The summed E-state index contributed by atoms with van der Waals surface area (Å²) in [7, 11) is 0. The maximum absolute atomic E-state index is 13.6. The first-order valence-electron chi connectivity index (χ1n) is 10.3. The van der Waals surface area contributed by atoms with Gasteiger partial charge in [0.25, 0.3) is 5.56 Å². The van der Waals surface area contributed by atoms with E-state index in [1.807, 2.05) is 53.1 Å². The lowest BCUT2D eigenvalue weighted by Gasteiger charge is -2.24. The number of aromatic nitrogens is 1. The molecule has 0 fully saturated rings. The lowest BCUT2D eigenvalue weighted by molar-refractivity contribution is -0.139. The molecule has 0 amide bonds. The minimum absolute atomic E-state index is 0.0448. The summed E-state index contributed by atoms with van der Waals surface area (Å²) in [5.74, 6) is -0.456. The number of carbonyl (C=O) groups excluding carboxylic acids is 1. The molecule has 4 rings (SSSR count). The Labute approximate surface area is 222 Å². The van der Waals surface area contributed by atoms with Gasteiger partial charge in [0.15, 0.2) is 4.80 Å². The van der Waals surface area contributed by atoms with Gasteiger partial charge in [-0.05, 0) is 78.6 Å². The summed E-state index contributed by atoms with van der Waals surface area (Å²) in [6.45, 7) is 3.70. The molecule has 1 N–H and O–H groups in total. The van der Waals surface area contributed by atoms with Crippen LogP contribution in [0.25, 0.3) is 6.08 Å². The number of phenolic OH excluding ortho intramolecular Hbond substituents is 1. The standard InChI is InChI=1S/C24H20ClIN2O4S2/c1-4-32-23(31)19-12(2)27-24-28(20(19)13-5-7-16(33-3)8-6-13)22(30)18(34-24)10-14-9-15(25)11-17(26)21(14)29/h5-11,20,29H,4H2,1-3H3/b18-10-/t20-/m0/s1. The number of nitrogens with zero attached hydrogens (tertiary/aromatic N) is 2. The SMILES string of the molecule is CCOC(=O)C1=C(C)N=c2s/c(=C\c3cc(Cl)cc(I)c3O)c(=O)n2[C@H]1c1ccc(SC)cc1. The summed E-state index contributed by atoms with van der Waals surface area (Å²) >= 11 is 11.0. The Bertz CT molecular complexity index is 1490. The van der Waals surface area contributed by atoms with E-state index in [1.54, 1.807) is 43.8 Å². The largest absolute Gasteiger partial charge is 0.506 e. The van der Waals surface area contributed by atoms with Gasteiger partial charge in [0.2, 0.25) is 0 Å². The fraction of sp³-hybridized carbons (Fsp3) is 0.208. The molecule has 34 heavy (non-hydrogen) atoms. The first-order chi connectivity index (χ1) is 16.2. The lowest BCUT2D eigenvalue weighted by Crippen LogP contribution is -2.39. The zero-order valence-corrected chi connectivity index (χ0v) is 23.0. The molecule has 1 atom stereocenters. The highest BCUT2D eigenvalue weighted by Crippen LogP contribution is 2.32. The highest BCUT2D eigenvalue weighted by molar-refractivity contribution is 14.1. The molecule has 6 nitrogen and oxygen atoms in total. The zero-order chi connectivity index (χ0) is 24.6. The van der Waals surface area contributed by atoms with Crippen molar-refractivity contribution in [3.63, 3.8) is 0 Å². The van der Waals surface area contributed by atoms with Gasteiger partial charge in [-0.1, -0.05) is 35.1 Å². The minimum Gasteiger partial charge on any atom is -0.506 e. The highest BCUT2D eigenvalue weighted by Gasteiger charge is 2.33. The van der Waals surface area contributed by atoms with Crippen LogP contribution in [0.1, 0.15) is 31.0 Å². The van der Waals surface area contributed by atoms with E-state index < -0.39 is 12.0 Å². The quantitative estimate of drug-likeness (QED) is 0.257. The number of hydrogen-bond donors (Lipinski definition) is 1. The van der Waals surface area contributed by atoms with Crippen molar-refractivity contribution < 1.29 is 14.6 Å². The van der Waals surface area contributed by atoms with Crippen LogP contribution >= 0.6 is 57.3 Å². The van der Waals surface area contributed by atoms with Gasteiger partial charge in [-0.2, -0.15) is 0 Å². The van der Waals surface area contributed by atoms with Crippen LogP contribution in [-0.4, -0.2) is 28.5 Å². The summed E-state index contributed by atoms with van der Waals surface area (Å²) in [6.07, 6.45) is 3.59. The molecule has 1 aliphatic rings. The number of thiazole rings is 1. The van der Waals surface area contributed by atoms with E-state index in [-0.39, 0.29) is 17.9 Å². The smallest absolute Gasteiger partial charge is 0.338 e. The van der Waals surface area contributed by atoms with Crippen molar-refractivity contribution in [1.82, 2.24) is 4.57 Å². The van der Waals surface area contributed by atoms with Crippen LogP contribution in [-0.2, 0) is 9.53 Å². The number of ether oxygens (including phenoxy) is 1. The summed E-state index contributed by atoms with van der Waals surface area (Å²) in [5, 5.41) is 10.9. The van der Waals surface area contributed by atoms with Gasteiger partial charge in [-0.3, -0.25) is 9.36 Å². The maximum atomic E-state index is 13.6. The number of esters is 1. The molecule has 0 unspecified atom stereocenters. The van der Waals surface area contributed by atoms with Crippen molar-refractivity contribution in [1.29, 1.82) is 0 Å². The molecule has 176 valence electrons. The van der Waals surface area contributed by atoms with E-state index in [1.165, 1.54) is 15.9 Å². The Morgan fingerprint density at radius 3 is 2.71 bits per heavy atom. The van der Waals surface area contributed by atoms with E-state index in [4.69, 9.17) is 16.3 Å². The van der Waals surface area contributed by atoms with Crippen LogP contribution in [0.5, 0.6) is 5.75 Å². The number of rotatable bonds is 5. The van der Waals surface area contributed by atoms with Gasteiger partial charge in [0, 0.05) is 15.5 Å². The van der Waals surface area contributed by atoms with E-state index in [2.05, 4.69) is 4.99 Å². The number of phenols is 1. The number of carbonyl (C=O) groups is 1. The van der Waals surface area contributed by atoms with Gasteiger partial charge in [0.05, 0.1) is 32.0 Å². The second kappa shape index (κ2) is 10.3. The molecule has 3 aromatic rings. The molecule has 10 heteroatoms. The molecule has 1 aromatic heterocycles. The molecule has 0 spiro atoms. The number of benzene rings is 2. The molecule has 0 bridgehead atoms. The average molecular weight is 627 g/mol. The monoisotopic (exact) mass is 626 g/mol. The Morgan fingerprint density at radius 1 is 1.35 bits per heavy atom. The fourth-order valence-corrected chi connectivity index (χ4v) is 6.23. The van der Waals surface area contributed by atoms with Gasteiger partial charge in [-0.25, -0.2) is 9.79 Å². The van der Waals surface area contributed by atoms with Crippen molar-refractivity contribution >= 4 is 69.3 Å². The first kappa shape index (κ1) is 25.0. The molecule has 1 aliphatic heterocycles. The molecule has 2 heterocycles. The Hall–Kier alpha value is -2.08. The lowest BCUT2D eigenvalue weighted by atomic mass is 9.96. The zero-order valence-electron chi connectivity index (χ0n) is 18.5. The van der Waals surface area contributed by atoms with E-state index in [0.717, 1.165) is 10.5 Å². The number of fused-ring (bicyclic) bond motifs is 1. The fourth-order valence-electron chi connectivity index (χ4n) is 3.73. The van der Waals surface area contributed by atoms with Crippen molar-refractivity contribution in [3.05, 3.63) is 87.1 Å². The average Bonchev–Trinajstić information content (AvgIpc) is 3.10. The number of halogens is 2. The van der Waals surface area contributed by atoms with Crippen molar-refractivity contribution in [2.75, 3.05) is 12.9 Å². The van der Waals surface area contributed by atoms with E-state index >= 15 is 0 Å². The van der Waals surface area contributed by atoms with Crippen LogP contribution in [0.2, 0.25) is 5.02 Å². The van der Waals surface area contributed by atoms with Crippen LogP contribution in [0, 0.1) is 3.57 Å². The minimum atomic E-state index is -0.679. The van der Waals surface area contributed by atoms with Crippen molar-refractivity contribution in [2.24, 2.45) is 4.99 Å². The van der Waals surface area contributed by atoms with Gasteiger partial charge in [-0.15, -0.1) is 11.8 Å². The van der Waals surface area contributed by atoms with E-state index in [9.17, 15) is 14.7 Å². The Morgan fingerprint density at radius 2 is 2.06 bits per heavy atom. The third-order valence-corrected chi connectivity index (χ3v) is 8.06. The predicted molar refractivity (Wildman–Crippen MR) is 144 cm³/mol. The molecule has 0 aliphatic carbocycles. The summed E-state index contributed by atoms with van der Waals surface area (Å²) in [6, 6.07) is 10.3. The highest BCUT2D eigenvalue weighted by atomic mass is 127. The van der Waals surface area contributed by atoms with Crippen molar-refractivity contribution in [3.8, 4) is 5.75 Å². The summed E-state index contributed by atoms with van der Waals surface area (Å²) in [5.41, 5.74) is 1.74. The number of allylic oxidation sites excluding steroid dienone is 1. The summed E-state index contributed by atoms with van der Waals surface area (Å²) in [4.78, 5) is 32.7. The molecule has 0 saturated carbocycles. The maximum Gasteiger partial charge on any atom is 0.338 e. The van der Waals surface area contributed by atoms with E-state index in [0.29, 0.717) is 34.8 Å². The van der Waals surface area contributed by atoms with Gasteiger partial charge >= 0.3 is 5.97 Å². The third-order valence-electron chi connectivity index (χ3n) is 5.29. The number of aromatic hydroxyl groups is 1. The number of hydrogen-bond acceptors (Lipinski definition) is 7. The Kier molecular flexibility index (Phi) is 7.56. The first-order valence-corrected chi connectivity index (χ1v) is 13.8. The van der Waals surface area contributed by atoms with Gasteiger partial charge in [0.1, 0.15) is 5.75 Å². The molecule has 0 saturated heterocycles. The van der Waals surface area contributed by atoms with Crippen LogP contribution in [0.15, 0.2) is 62.4 Å². The second-order valence-electron chi connectivity index (χ2n) is 7.40. The molecular formula is C24H20ClIN2O4S2. The second-order valence-corrected chi connectivity index (χ2v) is 10.9. The molecule has 0 radical (unpaired) electrons. The van der Waals surface area contributed by atoms with Crippen LogP contribution in [0.3, 0.4) is 0 Å². The molecule has 2 aromatic carbocycles. The topological polar surface area (TPSA) is 80.9 Å². The molecular weight excluding hydrogens is 607 g/mol. The van der Waals surface area contributed by atoms with Crippen LogP contribution in [0.4, 0.5) is 0 Å². The number of thioether (sulfide) groups is 1. The van der Waals surface area contributed by atoms with Crippen molar-refractivity contribution in [2.45, 2.75) is 24.8 Å².